The molecule has 3 amide bonds. The van der Waals surface area contributed by atoms with Crippen LogP contribution < -0.4 is 29.6 Å². The van der Waals surface area contributed by atoms with E-state index in [-0.39, 0.29) is 135 Å². The van der Waals surface area contributed by atoms with E-state index in [0.29, 0.717) is 11.1 Å². The van der Waals surface area contributed by atoms with Crippen LogP contribution in [0.2, 0.25) is 0 Å². The van der Waals surface area contributed by atoms with Crippen molar-refractivity contribution in [1.82, 2.24) is 19.4 Å². The minimum absolute atomic E-state index is 0.0608. The van der Waals surface area contributed by atoms with E-state index in [0.717, 1.165) is 0 Å². The number of nitrogens with zero attached hydrogens (tertiary/aromatic N) is 4. The molecule has 352 valence electrons. The summed E-state index contributed by atoms with van der Waals surface area (Å²) in [6, 6.07) is 3.68. The van der Waals surface area contributed by atoms with Gasteiger partial charge in [-0.05, 0) is 38.4 Å². The van der Waals surface area contributed by atoms with Gasteiger partial charge in [-0.1, -0.05) is 24.3 Å². The maximum absolute atomic E-state index is 15.0. The molecule has 4 aliphatic rings. The topological polar surface area (TPSA) is 271 Å². The number of carbonyl (C=O) groups excluding carboxylic acids is 3. The van der Waals surface area contributed by atoms with Crippen molar-refractivity contribution in [2.75, 3.05) is 97.3 Å². The van der Waals surface area contributed by atoms with Gasteiger partial charge in [0.25, 0.3) is 32.1 Å². The van der Waals surface area contributed by atoms with Gasteiger partial charge in [0, 0.05) is 70.7 Å². The van der Waals surface area contributed by atoms with Crippen LogP contribution in [-0.2, 0) is 29.6 Å². The zero-order valence-electron chi connectivity index (χ0n) is 36.0. The molecule has 2 aromatic carbocycles. The van der Waals surface area contributed by atoms with E-state index in [9.17, 15) is 45.4 Å². The Hall–Kier alpha value is -4.90. The Kier molecular flexibility index (Phi) is 14.6. The van der Waals surface area contributed by atoms with E-state index in [1.807, 2.05) is 0 Å². The number of anilines is 2. The molecule has 64 heavy (non-hydrogen) atoms. The number of fused-ring (bicyclic) bond motifs is 4. The minimum Gasteiger partial charge on any atom is -0.493 e. The predicted molar refractivity (Wildman–Crippen MR) is 236 cm³/mol. The van der Waals surface area contributed by atoms with Crippen LogP contribution in [0.25, 0.3) is 0 Å². The molecule has 2 saturated heterocycles. The first-order valence-corrected chi connectivity index (χ1v) is 25.4. The maximum Gasteiger partial charge on any atom is 0.288 e. The second-order valence-electron chi connectivity index (χ2n) is 16.2. The van der Waals surface area contributed by atoms with Gasteiger partial charge in [-0.3, -0.25) is 28.2 Å². The Labute approximate surface area is 372 Å². The molecular weight excluding hydrogens is 900 g/mol. The molecule has 0 aromatic heterocycles. The first-order valence-electron chi connectivity index (χ1n) is 20.3. The molecule has 0 bridgehead atoms. The van der Waals surface area contributed by atoms with Crippen LogP contribution in [0, 0.1) is 0 Å². The number of nitrogens with one attached hydrogen (secondary N) is 2. The highest BCUT2D eigenvalue weighted by Crippen LogP contribution is 2.49. The SMILES string of the molecule is C=C1C[C@@H]2C(S(=O)(=O)O)Nc3cc(OCCP(=O)(CCOc4cc5c(cc4OC)C(=O)N4CC(=C)C[C@H]4C(S(=O)(=O)O)N5)N(C)CCN(C)C(=O)CCCO)c(OC)cc3C(=O)N2C1. The Morgan fingerprint density at radius 3 is 1.61 bits per heavy atom. The number of hydrogen-bond acceptors (Lipinski definition) is 15. The predicted octanol–water partition coefficient (Wildman–Crippen LogP) is 2.42. The molecule has 0 saturated carbocycles. The van der Waals surface area contributed by atoms with Crippen molar-refractivity contribution < 1.29 is 68.9 Å². The second-order valence-corrected chi connectivity index (χ2v) is 22.5. The van der Waals surface area contributed by atoms with Gasteiger partial charge < -0.3 is 54.0 Å². The number of ether oxygens (including phenoxy) is 4. The molecule has 0 spiro atoms. The zero-order chi connectivity index (χ0) is 46.9. The Bertz CT molecular complexity index is 2320. The fourth-order valence-corrected chi connectivity index (χ4v) is 12.3. The van der Waals surface area contributed by atoms with Gasteiger partial charge in [0.1, 0.15) is 0 Å². The van der Waals surface area contributed by atoms with Crippen molar-refractivity contribution >= 4 is 56.6 Å². The fraction of sp³-hybridized carbons (Fsp3) is 0.525. The number of carbonyl (C=O) groups is 3. The van der Waals surface area contributed by atoms with Crippen molar-refractivity contribution in [2.24, 2.45) is 0 Å². The lowest BCUT2D eigenvalue weighted by Crippen LogP contribution is -2.47. The number of hydrogen-bond donors (Lipinski definition) is 5. The summed E-state index contributed by atoms with van der Waals surface area (Å²) in [4.78, 5) is 44.2. The first-order chi connectivity index (χ1) is 30.1. The lowest BCUT2D eigenvalue weighted by Gasteiger charge is -2.30. The van der Waals surface area contributed by atoms with E-state index >= 15 is 4.57 Å². The standard InChI is InChI=1S/C40H55N6O15PS2/c1-24-16-30-37(63(52,53)54)41-28-20-34(32(58-5)18-26(28)39(49)45(30)22-24)60-12-14-62(51,44(4)10-9-43(3)36(48)8-7-11-47)15-13-61-35-21-29-27(19-33(35)59-6)40(50)46-23-25(2)17-31(46)38(42-29)64(55,56)57/h18-21,30-31,37-38,41-42,47H,1-2,7-17,22-23H2,3-6H3,(H,52,53,54)(H,55,56,57)/t30-,31+,37?,38?,62?. The second kappa shape index (κ2) is 19.3. The largest absolute Gasteiger partial charge is 0.493 e. The fourth-order valence-electron chi connectivity index (χ4n) is 8.33. The summed E-state index contributed by atoms with van der Waals surface area (Å²) in [5.74, 6) is -0.840. The molecule has 5 atom stereocenters. The molecule has 4 heterocycles. The van der Waals surface area contributed by atoms with Gasteiger partial charge in [0.05, 0.1) is 62.0 Å². The number of benzene rings is 2. The molecule has 2 fully saturated rings. The highest BCUT2D eigenvalue weighted by molar-refractivity contribution is 7.86. The van der Waals surface area contributed by atoms with Gasteiger partial charge in [0.15, 0.2) is 41.0 Å². The van der Waals surface area contributed by atoms with E-state index in [2.05, 4.69) is 23.8 Å². The lowest BCUT2D eigenvalue weighted by molar-refractivity contribution is -0.130. The Balaban J connectivity index is 1.24. The van der Waals surface area contributed by atoms with Crippen molar-refractivity contribution in [3.05, 3.63) is 59.7 Å². The Morgan fingerprint density at radius 2 is 1.22 bits per heavy atom. The van der Waals surface area contributed by atoms with Crippen LogP contribution in [0.5, 0.6) is 23.0 Å². The molecule has 3 unspecified atom stereocenters. The van der Waals surface area contributed by atoms with Gasteiger partial charge in [0.2, 0.25) is 5.91 Å². The van der Waals surface area contributed by atoms with Crippen molar-refractivity contribution in [2.45, 2.75) is 48.5 Å². The van der Waals surface area contributed by atoms with Crippen LogP contribution in [0.4, 0.5) is 11.4 Å². The summed E-state index contributed by atoms with van der Waals surface area (Å²) in [7, 11) is -7.01. The third-order valence-electron chi connectivity index (χ3n) is 11.9. The smallest absolute Gasteiger partial charge is 0.288 e. The van der Waals surface area contributed by atoms with Crippen LogP contribution in [-0.4, -0.2) is 178 Å². The summed E-state index contributed by atoms with van der Waals surface area (Å²) >= 11 is 0. The highest BCUT2D eigenvalue weighted by Gasteiger charge is 2.47. The molecule has 6 rings (SSSR count). The van der Waals surface area contributed by atoms with Gasteiger partial charge in [-0.25, -0.2) is 0 Å². The van der Waals surface area contributed by atoms with E-state index in [4.69, 9.17) is 18.9 Å². The summed E-state index contributed by atoms with van der Waals surface area (Å²) in [6.07, 6.45) is 0.522. The summed E-state index contributed by atoms with van der Waals surface area (Å²) in [6.45, 7) is 7.79. The summed E-state index contributed by atoms with van der Waals surface area (Å²) < 4.78 is 111. The third-order valence-corrected chi connectivity index (χ3v) is 17.2. The third kappa shape index (κ3) is 10.3. The van der Waals surface area contributed by atoms with Crippen LogP contribution in [0.3, 0.4) is 0 Å². The van der Waals surface area contributed by atoms with Crippen molar-refractivity contribution in [3.8, 4) is 23.0 Å². The van der Waals surface area contributed by atoms with Gasteiger partial charge >= 0.3 is 0 Å². The van der Waals surface area contributed by atoms with E-state index in [1.165, 1.54) is 53.2 Å². The van der Waals surface area contributed by atoms with Crippen LogP contribution in [0.15, 0.2) is 48.6 Å². The van der Waals surface area contributed by atoms with Crippen LogP contribution >= 0.6 is 7.29 Å². The highest BCUT2D eigenvalue weighted by atomic mass is 32.2. The number of amides is 3. The molecule has 21 nitrogen and oxygen atoms in total. The van der Waals surface area contributed by atoms with E-state index in [1.54, 1.807) is 18.8 Å². The summed E-state index contributed by atoms with van der Waals surface area (Å²) in [5.41, 5.74) is 1.51. The number of likely N-dealkylation sites (N-methyl/N-ethyl adjacent to an activating group) is 2. The molecule has 4 aliphatic heterocycles. The van der Waals surface area contributed by atoms with Crippen LogP contribution in [0.1, 0.15) is 46.4 Å². The maximum atomic E-state index is 15.0. The zero-order valence-corrected chi connectivity index (χ0v) is 38.5. The van der Waals surface area contributed by atoms with Gasteiger partial charge in [-0.15, -0.1) is 0 Å². The average Bonchev–Trinajstić information content (AvgIpc) is 3.76. The van der Waals surface area contributed by atoms with Crippen molar-refractivity contribution in [3.63, 3.8) is 0 Å². The minimum atomic E-state index is -4.72. The summed E-state index contributed by atoms with van der Waals surface area (Å²) in [5, 5.41) is 11.6. The number of aliphatic hydroxyl groups excluding tert-OH is 1. The molecule has 2 aromatic rings. The number of methoxy groups -OCH3 is 2. The monoisotopic (exact) mass is 954 g/mol. The number of aliphatic hydroxyl groups is 1. The van der Waals surface area contributed by atoms with Crippen molar-refractivity contribution in [1.29, 1.82) is 0 Å². The quantitative estimate of drug-likeness (QED) is 0.0769. The lowest BCUT2D eigenvalue weighted by atomic mass is 10.1. The molecule has 0 aliphatic carbocycles. The van der Waals surface area contributed by atoms with E-state index < -0.39 is 62.2 Å². The van der Waals surface area contributed by atoms with Gasteiger partial charge in [-0.2, -0.15) is 16.8 Å². The first kappa shape index (κ1) is 48.6. The normalized spacial score (nSPS) is 21.7. The average molecular weight is 955 g/mol. The molecular formula is C40H55N6O15PS2. The molecule has 5 N–H and O–H groups in total. The number of rotatable bonds is 19. The Morgan fingerprint density at radius 1 is 0.781 bits per heavy atom. The molecule has 0 radical (unpaired) electrons. The molecule has 24 heteroatoms.